The van der Waals surface area contributed by atoms with Gasteiger partial charge in [0, 0.05) is 6.42 Å². The summed E-state index contributed by atoms with van der Waals surface area (Å²) in [4.78, 5) is 0. The fourth-order valence-electron chi connectivity index (χ4n) is 1.14. The summed E-state index contributed by atoms with van der Waals surface area (Å²) in [6.07, 6.45) is -10.6. The van der Waals surface area contributed by atoms with Gasteiger partial charge >= 0.3 is 12.4 Å². The third-order valence-electron chi connectivity index (χ3n) is 1.87. The molecule has 0 aromatic carbocycles. The summed E-state index contributed by atoms with van der Waals surface area (Å²) in [5, 5.41) is 2.87. The van der Waals surface area contributed by atoms with E-state index in [1.165, 1.54) is 0 Å². The van der Waals surface area contributed by atoms with Gasteiger partial charge in [-0.2, -0.15) is 26.3 Å². The van der Waals surface area contributed by atoms with Gasteiger partial charge in [-0.25, -0.2) is 0 Å². The molecule has 1 rings (SSSR count). The van der Waals surface area contributed by atoms with Gasteiger partial charge in [0.25, 0.3) is 0 Å². The summed E-state index contributed by atoms with van der Waals surface area (Å²) in [5.41, 5.74) is 0. The standard InChI is InChI=1S/C6H6F6N2S/c7-5(8,9)2-1-3(6(10,11)12)14-4(15)13-2/h2-3H,1H2,(H2,13,14,15). The average molecular weight is 252 g/mol. The third kappa shape index (κ3) is 3.11. The lowest BCUT2D eigenvalue weighted by Gasteiger charge is -2.34. The van der Waals surface area contributed by atoms with Crippen molar-refractivity contribution in [1.82, 2.24) is 10.6 Å². The highest BCUT2D eigenvalue weighted by Crippen LogP contribution is 2.31. The monoisotopic (exact) mass is 252 g/mol. The quantitative estimate of drug-likeness (QED) is 0.507. The number of thiocarbonyl (C=S) groups is 1. The van der Waals surface area contributed by atoms with E-state index in [1.54, 1.807) is 10.6 Å². The van der Waals surface area contributed by atoms with Crippen molar-refractivity contribution in [1.29, 1.82) is 0 Å². The van der Waals surface area contributed by atoms with Crippen LogP contribution in [0.15, 0.2) is 0 Å². The molecular weight excluding hydrogens is 246 g/mol. The first kappa shape index (κ1) is 12.3. The molecule has 0 aliphatic carbocycles. The van der Waals surface area contributed by atoms with Gasteiger partial charge in [0.2, 0.25) is 0 Å². The van der Waals surface area contributed by atoms with Gasteiger partial charge in [0.15, 0.2) is 5.11 Å². The average Bonchev–Trinajstić information content (AvgIpc) is 1.99. The molecule has 1 fully saturated rings. The second-order valence-electron chi connectivity index (χ2n) is 3.04. The van der Waals surface area contributed by atoms with Crippen LogP contribution >= 0.6 is 12.2 Å². The molecule has 2 unspecified atom stereocenters. The lowest BCUT2D eigenvalue weighted by atomic mass is 10.0. The van der Waals surface area contributed by atoms with Crippen LogP contribution < -0.4 is 10.6 Å². The van der Waals surface area contributed by atoms with E-state index >= 15 is 0 Å². The van der Waals surface area contributed by atoms with Crippen molar-refractivity contribution in [2.75, 3.05) is 0 Å². The van der Waals surface area contributed by atoms with Gasteiger partial charge in [-0.05, 0) is 12.2 Å². The van der Waals surface area contributed by atoms with E-state index in [-0.39, 0.29) is 0 Å². The predicted octanol–water partition coefficient (Wildman–Crippen LogP) is 1.72. The Morgan fingerprint density at radius 1 is 0.933 bits per heavy atom. The SMILES string of the molecule is FC(F)(F)C1CC(C(F)(F)F)NC(=S)N1. The maximum Gasteiger partial charge on any atom is 0.408 e. The van der Waals surface area contributed by atoms with Crippen molar-refractivity contribution in [3.63, 3.8) is 0 Å². The van der Waals surface area contributed by atoms with Crippen LogP contribution in [-0.2, 0) is 0 Å². The predicted molar refractivity (Wildman–Crippen MR) is 43.2 cm³/mol. The van der Waals surface area contributed by atoms with Gasteiger partial charge < -0.3 is 10.6 Å². The Morgan fingerprint density at radius 3 is 1.53 bits per heavy atom. The van der Waals surface area contributed by atoms with Gasteiger partial charge in [-0.15, -0.1) is 0 Å². The Labute approximate surface area is 86.0 Å². The first-order valence-corrected chi connectivity index (χ1v) is 4.22. The summed E-state index contributed by atoms with van der Waals surface area (Å²) in [7, 11) is 0. The molecule has 15 heavy (non-hydrogen) atoms. The lowest BCUT2D eigenvalue weighted by molar-refractivity contribution is -0.184. The molecular formula is C6H6F6N2S. The number of halogens is 6. The van der Waals surface area contributed by atoms with Gasteiger partial charge in [0.1, 0.15) is 12.1 Å². The zero-order chi connectivity index (χ0) is 11.9. The molecule has 88 valence electrons. The Hall–Kier alpha value is -0.730. The van der Waals surface area contributed by atoms with E-state index < -0.39 is 36.0 Å². The van der Waals surface area contributed by atoms with Gasteiger partial charge in [-0.1, -0.05) is 0 Å². The normalized spacial score (nSPS) is 28.3. The molecule has 0 amide bonds. The maximum atomic E-state index is 12.2. The number of rotatable bonds is 0. The molecule has 1 aliphatic heterocycles. The molecule has 0 aromatic rings. The molecule has 0 radical (unpaired) electrons. The van der Waals surface area contributed by atoms with Crippen molar-refractivity contribution < 1.29 is 26.3 Å². The molecule has 0 spiro atoms. The van der Waals surface area contributed by atoms with Crippen molar-refractivity contribution >= 4 is 17.3 Å². The van der Waals surface area contributed by atoms with E-state index in [1.807, 2.05) is 0 Å². The highest BCUT2D eigenvalue weighted by atomic mass is 32.1. The summed E-state index contributed by atoms with van der Waals surface area (Å²) in [5.74, 6) is 0. The molecule has 0 bridgehead atoms. The molecule has 9 heteroatoms. The molecule has 2 nitrogen and oxygen atoms in total. The molecule has 1 heterocycles. The fourth-order valence-corrected chi connectivity index (χ4v) is 1.43. The van der Waals surface area contributed by atoms with Crippen LogP contribution in [0.2, 0.25) is 0 Å². The van der Waals surface area contributed by atoms with Crippen LogP contribution in [0.3, 0.4) is 0 Å². The Balaban J connectivity index is 2.77. The van der Waals surface area contributed by atoms with Crippen molar-refractivity contribution in [2.24, 2.45) is 0 Å². The minimum atomic E-state index is -4.74. The van der Waals surface area contributed by atoms with Crippen LogP contribution in [0.4, 0.5) is 26.3 Å². The van der Waals surface area contributed by atoms with Gasteiger partial charge in [-0.3, -0.25) is 0 Å². The topological polar surface area (TPSA) is 24.1 Å². The number of hydrogen-bond donors (Lipinski definition) is 2. The fraction of sp³-hybridized carbons (Fsp3) is 0.833. The number of nitrogens with one attached hydrogen (secondary N) is 2. The summed E-state index contributed by atoms with van der Waals surface area (Å²) in [6.45, 7) is 0. The summed E-state index contributed by atoms with van der Waals surface area (Å²) < 4.78 is 73.0. The summed E-state index contributed by atoms with van der Waals surface area (Å²) in [6, 6.07) is -4.50. The van der Waals surface area contributed by atoms with E-state index in [4.69, 9.17) is 0 Å². The smallest absolute Gasteiger partial charge is 0.351 e. The van der Waals surface area contributed by atoms with E-state index in [0.717, 1.165) is 0 Å². The highest BCUT2D eigenvalue weighted by molar-refractivity contribution is 7.80. The second-order valence-corrected chi connectivity index (χ2v) is 3.45. The Morgan fingerprint density at radius 2 is 1.27 bits per heavy atom. The van der Waals surface area contributed by atoms with Crippen molar-refractivity contribution in [3.8, 4) is 0 Å². The molecule has 0 saturated carbocycles. The zero-order valence-electron chi connectivity index (χ0n) is 7.04. The van der Waals surface area contributed by atoms with Gasteiger partial charge in [0.05, 0.1) is 0 Å². The molecule has 0 aromatic heterocycles. The molecule has 2 atom stereocenters. The highest BCUT2D eigenvalue weighted by Gasteiger charge is 2.50. The van der Waals surface area contributed by atoms with Crippen LogP contribution in [0.5, 0.6) is 0 Å². The van der Waals surface area contributed by atoms with E-state index in [0.29, 0.717) is 0 Å². The second kappa shape index (κ2) is 3.69. The van der Waals surface area contributed by atoms with E-state index in [2.05, 4.69) is 12.2 Å². The summed E-state index contributed by atoms with van der Waals surface area (Å²) >= 11 is 4.28. The molecule has 1 aliphatic rings. The first-order valence-electron chi connectivity index (χ1n) is 3.81. The first-order chi connectivity index (χ1) is 6.60. The minimum Gasteiger partial charge on any atom is -0.351 e. The molecule has 2 N–H and O–H groups in total. The van der Waals surface area contributed by atoms with Crippen molar-refractivity contribution in [3.05, 3.63) is 0 Å². The van der Waals surface area contributed by atoms with Crippen LogP contribution in [0, 0.1) is 0 Å². The van der Waals surface area contributed by atoms with E-state index in [9.17, 15) is 26.3 Å². The van der Waals surface area contributed by atoms with Crippen LogP contribution in [-0.4, -0.2) is 29.5 Å². The Bertz CT molecular complexity index is 235. The molecule has 1 saturated heterocycles. The lowest BCUT2D eigenvalue weighted by Crippen LogP contribution is -2.62. The largest absolute Gasteiger partial charge is 0.408 e. The minimum absolute atomic E-state index is 0.633. The zero-order valence-corrected chi connectivity index (χ0v) is 7.85. The van der Waals surface area contributed by atoms with Crippen molar-refractivity contribution in [2.45, 2.75) is 30.9 Å². The number of hydrogen-bond acceptors (Lipinski definition) is 1. The Kier molecular flexibility index (Phi) is 3.04. The van der Waals surface area contributed by atoms with Crippen LogP contribution in [0.25, 0.3) is 0 Å². The third-order valence-corrected chi connectivity index (χ3v) is 2.11. The van der Waals surface area contributed by atoms with Crippen LogP contribution in [0.1, 0.15) is 6.42 Å². The maximum absolute atomic E-state index is 12.2. The number of alkyl halides is 6.